The van der Waals surface area contributed by atoms with Crippen molar-refractivity contribution >= 4 is 16.7 Å². The number of fused-ring (bicyclic) bond motifs is 3. The predicted octanol–water partition coefficient (Wildman–Crippen LogP) is 1.23. The van der Waals surface area contributed by atoms with Crippen LogP contribution in [0.25, 0.3) is 16.7 Å². The Labute approximate surface area is 153 Å². The minimum absolute atomic E-state index is 0.0141. The minimum atomic E-state index is -0.0404. The SMILES string of the molecule is c1nnn(C23C[C@@H]4C[C@H](CC(c5nc6c7cn[nH]c7ncn6n5)(C4)C2)C3)n1. The van der Waals surface area contributed by atoms with E-state index in [0.717, 1.165) is 54.6 Å². The lowest BCUT2D eigenvalue weighted by Gasteiger charge is -2.60. The summed E-state index contributed by atoms with van der Waals surface area (Å²) in [6.45, 7) is 0. The van der Waals surface area contributed by atoms with Crippen molar-refractivity contribution in [2.75, 3.05) is 0 Å². The van der Waals surface area contributed by atoms with Crippen LogP contribution in [0.3, 0.4) is 0 Å². The zero-order valence-electron chi connectivity index (χ0n) is 14.7. The molecule has 4 aromatic rings. The first kappa shape index (κ1) is 14.2. The highest BCUT2D eigenvalue weighted by Gasteiger charge is 2.61. The number of hydrogen-bond donors (Lipinski definition) is 1. The van der Waals surface area contributed by atoms with Crippen LogP contribution in [0.4, 0.5) is 0 Å². The molecular formula is C17H18N10. The van der Waals surface area contributed by atoms with E-state index in [0.29, 0.717) is 11.8 Å². The number of nitrogens with one attached hydrogen (secondary N) is 1. The van der Waals surface area contributed by atoms with Crippen molar-refractivity contribution < 1.29 is 0 Å². The minimum Gasteiger partial charge on any atom is -0.261 e. The van der Waals surface area contributed by atoms with Crippen LogP contribution < -0.4 is 0 Å². The number of nitrogens with zero attached hydrogens (tertiary/aromatic N) is 9. The van der Waals surface area contributed by atoms with Crippen LogP contribution in [0.15, 0.2) is 18.9 Å². The molecule has 0 spiro atoms. The Hall–Kier alpha value is -2.91. The van der Waals surface area contributed by atoms with E-state index >= 15 is 0 Å². The zero-order chi connectivity index (χ0) is 17.6. The Bertz CT molecular complexity index is 1160. The van der Waals surface area contributed by atoms with Gasteiger partial charge in [-0.1, -0.05) is 0 Å². The topological polar surface area (TPSA) is 115 Å². The Kier molecular flexibility index (Phi) is 2.36. The monoisotopic (exact) mass is 362 g/mol. The summed E-state index contributed by atoms with van der Waals surface area (Å²) in [5.74, 6) is 2.29. The first-order chi connectivity index (χ1) is 13.2. The number of hydrogen-bond acceptors (Lipinski definition) is 7. The lowest BCUT2D eigenvalue weighted by molar-refractivity contribution is -0.0785. The van der Waals surface area contributed by atoms with Gasteiger partial charge in [0.25, 0.3) is 0 Å². The summed E-state index contributed by atoms with van der Waals surface area (Å²) in [6, 6.07) is 0. The van der Waals surface area contributed by atoms with Crippen LogP contribution >= 0.6 is 0 Å². The molecule has 10 nitrogen and oxygen atoms in total. The fourth-order valence-electron chi connectivity index (χ4n) is 6.56. The molecule has 1 N–H and O–H groups in total. The average Bonchev–Trinajstić information content (AvgIpc) is 3.39. The number of H-pyrrole nitrogens is 1. The number of aromatic nitrogens is 10. The molecule has 10 heteroatoms. The maximum Gasteiger partial charge on any atom is 0.170 e. The summed E-state index contributed by atoms with van der Waals surface area (Å²) < 4.78 is 1.80. The standard InChI is InChI=1S/C17H18N10/c1-10-2-16(3-11(1)5-17(4-10,7-16)27-21-8-20-25-27)15-22-14-12-6-19-23-13(12)18-9-26(14)24-15/h6,8-11H,1-5,7H2,(H,19,23)/t10-,11-,16?,17?/m1/s1. The van der Waals surface area contributed by atoms with Gasteiger partial charge in [0.2, 0.25) is 0 Å². The Morgan fingerprint density at radius 3 is 2.85 bits per heavy atom. The highest BCUT2D eigenvalue weighted by atomic mass is 15.6. The van der Waals surface area contributed by atoms with Crippen LogP contribution in [0.2, 0.25) is 0 Å². The van der Waals surface area contributed by atoms with E-state index in [4.69, 9.17) is 10.1 Å². The van der Waals surface area contributed by atoms with Crippen molar-refractivity contribution in [2.45, 2.75) is 49.5 Å². The summed E-state index contributed by atoms with van der Waals surface area (Å²) in [4.78, 5) is 11.3. The fourth-order valence-corrected chi connectivity index (χ4v) is 6.56. The van der Waals surface area contributed by atoms with E-state index in [1.165, 1.54) is 6.42 Å². The predicted molar refractivity (Wildman–Crippen MR) is 92.6 cm³/mol. The zero-order valence-corrected chi connectivity index (χ0v) is 14.7. The molecular weight excluding hydrogens is 344 g/mol. The van der Waals surface area contributed by atoms with Gasteiger partial charge >= 0.3 is 0 Å². The summed E-state index contributed by atoms with van der Waals surface area (Å²) in [6.07, 6.45) is 11.9. The number of tetrazole rings is 1. The quantitative estimate of drug-likeness (QED) is 0.570. The third-order valence-electron chi connectivity index (χ3n) is 7.07. The maximum absolute atomic E-state index is 5.00. The molecule has 2 atom stereocenters. The number of rotatable bonds is 2. The summed E-state index contributed by atoms with van der Waals surface area (Å²) in [5.41, 5.74) is 1.52. The second-order valence-corrected chi connectivity index (χ2v) is 8.77. The molecule has 0 radical (unpaired) electrons. The van der Waals surface area contributed by atoms with Gasteiger partial charge in [-0.25, -0.2) is 14.5 Å². The van der Waals surface area contributed by atoms with Crippen LogP contribution in [-0.2, 0) is 11.0 Å². The molecule has 4 aromatic heterocycles. The van der Waals surface area contributed by atoms with Crippen LogP contribution in [0.1, 0.15) is 44.3 Å². The van der Waals surface area contributed by atoms with Crippen molar-refractivity contribution in [2.24, 2.45) is 11.8 Å². The Morgan fingerprint density at radius 1 is 1.15 bits per heavy atom. The molecule has 4 saturated carbocycles. The fraction of sp³-hybridized carbons (Fsp3) is 0.588. The first-order valence-corrected chi connectivity index (χ1v) is 9.52. The van der Waals surface area contributed by atoms with Gasteiger partial charge in [-0.15, -0.1) is 15.3 Å². The van der Waals surface area contributed by atoms with Crippen LogP contribution in [-0.4, -0.2) is 50.0 Å². The Morgan fingerprint density at radius 2 is 2.04 bits per heavy atom. The van der Waals surface area contributed by atoms with E-state index in [1.807, 2.05) is 4.80 Å². The van der Waals surface area contributed by atoms with Crippen molar-refractivity contribution in [3.05, 3.63) is 24.7 Å². The molecule has 27 heavy (non-hydrogen) atoms. The average molecular weight is 362 g/mol. The van der Waals surface area contributed by atoms with Gasteiger partial charge in [-0.05, 0) is 55.6 Å². The van der Waals surface area contributed by atoms with Gasteiger partial charge < -0.3 is 0 Å². The molecule has 0 aliphatic heterocycles. The molecule has 4 fully saturated rings. The highest BCUT2D eigenvalue weighted by molar-refractivity contribution is 5.87. The van der Waals surface area contributed by atoms with E-state index in [2.05, 4.69) is 30.6 Å². The molecule has 0 unspecified atom stereocenters. The molecule has 8 rings (SSSR count). The van der Waals surface area contributed by atoms with Gasteiger partial charge in [0, 0.05) is 5.41 Å². The third-order valence-corrected chi connectivity index (χ3v) is 7.07. The van der Waals surface area contributed by atoms with Crippen molar-refractivity contribution in [3.8, 4) is 0 Å². The molecule has 0 aromatic carbocycles. The van der Waals surface area contributed by atoms with Crippen molar-refractivity contribution in [1.82, 2.24) is 50.0 Å². The van der Waals surface area contributed by atoms with E-state index in [1.54, 1.807) is 23.4 Å². The van der Waals surface area contributed by atoms with Gasteiger partial charge in [-0.3, -0.25) is 5.10 Å². The van der Waals surface area contributed by atoms with Gasteiger partial charge in [0.15, 0.2) is 23.4 Å². The van der Waals surface area contributed by atoms with E-state index in [9.17, 15) is 0 Å². The largest absolute Gasteiger partial charge is 0.261 e. The normalized spacial score (nSPS) is 34.8. The first-order valence-electron chi connectivity index (χ1n) is 9.52. The van der Waals surface area contributed by atoms with Gasteiger partial charge in [-0.2, -0.15) is 9.90 Å². The second-order valence-electron chi connectivity index (χ2n) is 8.77. The molecule has 4 heterocycles. The third kappa shape index (κ3) is 1.73. The van der Waals surface area contributed by atoms with E-state index < -0.39 is 0 Å². The van der Waals surface area contributed by atoms with E-state index in [-0.39, 0.29) is 11.0 Å². The van der Waals surface area contributed by atoms with Gasteiger partial charge in [0.1, 0.15) is 6.33 Å². The van der Waals surface area contributed by atoms with Crippen LogP contribution in [0, 0.1) is 11.8 Å². The van der Waals surface area contributed by atoms with Crippen LogP contribution in [0.5, 0.6) is 0 Å². The lowest BCUT2D eigenvalue weighted by Crippen LogP contribution is -2.59. The molecule has 4 aliphatic carbocycles. The van der Waals surface area contributed by atoms with Crippen molar-refractivity contribution in [1.29, 1.82) is 0 Å². The molecule has 4 aliphatic rings. The summed E-state index contributed by atoms with van der Waals surface area (Å²) in [5, 5.41) is 25.5. The number of aromatic amines is 1. The van der Waals surface area contributed by atoms with Gasteiger partial charge in [0.05, 0.1) is 17.1 Å². The smallest absolute Gasteiger partial charge is 0.170 e. The Balaban J connectivity index is 1.41. The molecule has 136 valence electrons. The highest BCUT2D eigenvalue weighted by Crippen LogP contribution is 2.63. The lowest BCUT2D eigenvalue weighted by atomic mass is 9.46. The molecule has 4 bridgehead atoms. The molecule has 0 saturated heterocycles. The van der Waals surface area contributed by atoms with Crippen molar-refractivity contribution in [3.63, 3.8) is 0 Å². The molecule has 0 amide bonds. The summed E-state index contributed by atoms with van der Waals surface area (Å²) >= 11 is 0. The second kappa shape index (κ2) is 4.49. The summed E-state index contributed by atoms with van der Waals surface area (Å²) in [7, 11) is 0. The maximum atomic E-state index is 5.00.